The molecule has 2 aliphatic rings. The minimum Gasteiger partial charge on any atom is -0.465 e. The highest BCUT2D eigenvalue weighted by atomic mass is 19.1. The zero-order valence-corrected chi connectivity index (χ0v) is 23.3. The molecule has 11 heteroatoms. The van der Waals surface area contributed by atoms with E-state index in [9.17, 15) is 19.5 Å². The van der Waals surface area contributed by atoms with Gasteiger partial charge in [0.1, 0.15) is 18.3 Å². The van der Waals surface area contributed by atoms with Crippen molar-refractivity contribution < 1.29 is 52.3 Å². The van der Waals surface area contributed by atoms with E-state index in [-0.39, 0.29) is 31.0 Å². The summed E-state index contributed by atoms with van der Waals surface area (Å²) in [6, 6.07) is 0. The largest absolute Gasteiger partial charge is 0.465 e. The molecule has 214 valence electrons. The summed E-state index contributed by atoms with van der Waals surface area (Å²) in [6.07, 6.45) is -6.84. The Morgan fingerprint density at radius 2 is 1.57 bits per heavy atom. The van der Waals surface area contributed by atoms with Crippen molar-refractivity contribution in [1.82, 2.24) is 0 Å². The van der Waals surface area contributed by atoms with Crippen LogP contribution in [0.15, 0.2) is 0 Å². The van der Waals surface area contributed by atoms with Crippen LogP contribution >= 0.6 is 0 Å². The Kier molecular flexibility index (Phi) is 10.9. The van der Waals surface area contributed by atoms with E-state index in [1.807, 2.05) is 20.8 Å². The first-order valence-electron chi connectivity index (χ1n) is 12.9. The Labute approximate surface area is 218 Å². The molecule has 0 radical (unpaired) electrons. The topological polar surface area (TPSA) is 127 Å². The monoisotopic (exact) mass is 534 g/mol. The van der Waals surface area contributed by atoms with Crippen LogP contribution < -0.4 is 0 Å². The number of aliphatic hydroxyl groups excluding tert-OH is 1. The first kappa shape index (κ1) is 31.4. The number of esters is 3. The Hall–Kier alpha value is -1.82. The van der Waals surface area contributed by atoms with Crippen molar-refractivity contribution in [3.63, 3.8) is 0 Å². The summed E-state index contributed by atoms with van der Waals surface area (Å²) in [5, 5.41) is 10.8. The molecule has 4 unspecified atom stereocenters. The van der Waals surface area contributed by atoms with E-state index in [0.717, 1.165) is 7.11 Å². The maximum atomic E-state index is 16.0. The van der Waals surface area contributed by atoms with Gasteiger partial charge in [-0.15, -0.1) is 0 Å². The Morgan fingerprint density at radius 1 is 0.973 bits per heavy atom. The third kappa shape index (κ3) is 6.61. The fourth-order valence-corrected chi connectivity index (χ4v) is 5.17. The molecule has 0 bridgehead atoms. The lowest BCUT2D eigenvalue weighted by Gasteiger charge is -2.50. The predicted octanol–water partition coefficient (Wildman–Crippen LogP) is 2.58. The molecule has 2 heterocycles. The lowest BCUT2D eigenvalue weighted by Crippen LogP contribution is -2.66. The van der Waals surface area contributed by atoms with E-state index in [2.05, 4.69) is 0 Å². The molecule has 10 nitrogen and oxygen atoms in total. The first-order valence-corrected chi connectivity index (χ1v) is 12.9. The molecule has 0 spiro atoms. The van der Waals surface area contributed by atoms with Crippen molar-refractivity contribution in [3.8, 4) is 0 Å². The molecule has 0 aromatic heterocycles. The third-order valence-corrected chi connectivity index (χ3v) is 8.01. The van der Waals surface area contributed by atoms with Crippen LogP contribution in [0.5, 0.6) is 0 Å². The van der Waals surface area contributed by atoms with Crippen molar-refractivity contribution in [3.05, 3.63) is 0 Å². The zero-order valence-electron chi connectivity index (χ0n) is 23.3. The molecule has 0 aromatic carbocycles. The van der Waals surface area contributed by atoms with Crippen LogP contribution in [0.3, 0.4) is 0 Å². The van der Waals surface area contributed by atoms with E-state index in [1.165, 1.54) is 13.8 Å². The van der Waals surface area contributed by atoms with Crippen molar-refractivity contribution >= 4 is 17.9 Å². The van der Waals surface area contributed by atoms with Crippen LogP contribution in [0.2, 0.25) is 0 Å². The van der Waals surface area contributed by atoms with Crippen LogP contribution in [0, 0.1) is 23.7 Å². The van der Waals surface area contributed by atoms with Gasteiger partial charge in [-0.2, -0.15) is 0 Å². The fourth-order valence-electron chi connectivity index (χ4n) is 5.17. The maximum absolute atomic E-state index is 16.0. The molecule has 0 amide bonds. The van der Waals surface area contributed by atoms with Crippen molar-refractivity contribution in [2.75, 3.05) is 13.7 Å². The Morgan fingerprint density at radius 3 is 2.08 bits per heavy atom. The van der Waals surface area contributed by atoms with Gasteiger partial charge in [-0.3, -0.25) is 9.59 Å². The number of carbonyl (C=O) groups is 3. The van der Waals surface area contributed by atoms with Gasteiger partial charge in [-0.25, -0.2) is 9.18 Å². The number of methoxy groups -OCH3 is 1. The van der Waals surface area contributed by atoms with Gasteiger partial charge in [-0.1, -0.05) is 34.6 Å². The number of aliphatic hydroxyl groups is 1. The van der Waals surface area contributed by atoms with Crippen LogP contribution in [0.1, 0.15) is 61.8 Å². The smallest absolute Gasteiger partial charge is 0.369 e. The molecule has 0 saturated carbocycles. The average molecular weight is 535 g/mol. The minimum atomic E-state index is -2.53. The van der Waals surface area contributed by atoms with Crippen LogP contribution in [0.25, 0.3) is 0 Å². The van der Waals surface area contributed by atoms with Crippen molar-refractivity contribution in [2.45, 2.75) is 110 Å². The highest BCUT2D eigenvalue weighted by Crippen LogP contribution is 2.44. The summed E-state index contributed by atoms with van der Waals surface area (Å²) >= 11 is 0. The molecule has 2 aliphatic heterocycles. The summed E-state index contributed by atoms with van der Waals surface area (Å²) in [5.41, 5.74) is 0. The Bertz CT molecular complexity index is 808. The second kappa shape index (κ2) is 12.8. The maximum Gasteiger partial charge on any atom is 0.369 e. The lowest BCUT2D eigenvalue weighted by atomic mass is 9.77. The molecule has 0 aliphatic carbocycles. The summed E-state index contributed by atoms with van der Waals surface area (Å²) in [5.74, 6) is -6.37. The van der Waals surface area contributed by atoms with Gasteiger partial charge < -0.3 is 33.5 Å². The van der Waals surface area contributed by atoms with Gasteiger partial charge in [0.25, 0.3) is 0 Å². The number of hydrogen-bond acceptors (Lipinski definition) is 10. The quantitative estimate of drug-likeness (QED) is 0.348. The van der Waals surface area contributed by atoms with Crippen LogP contribution in [0.4, 0.5) is 4.39 Å². The van der Waals surface area contributed by atoms with Crippen molar-refractivity contribution in [1.29, 1.82) is 0 Å². The number of ether oxygens (including phenoxy) is 6. The lowest BCUT2D eigenvalue weighted by molar-refractivity contribution is -0.344. The third-order valence-electron chi connectivity index (χ3n) is 8.01. The van der Waals surface area contributed by atoms with Gasteiger partial charge in [0, 0.05) is 13.8 Å². The average Bonchev–Trinajstić information content (AvgIpc) is 2.85. The number of halogens is 1. The van der Waals surface area contributed by atoms with E-state index in [0.29, 0.717) is 0 Å². The normalized spacial score (nSPS) is 39.8. The number of carbonyl (C=O) groups excluding carboxylic acids is 3. The van der Waals surface area contributed by atoms with Crippen LogP contribution in [-0.4, -0.2) is 85.3 Å². The molecule has 2 saturated heterocycles. The van der Waals surface area contributed by atoms with E-state index >= 15 is 4.39 Å². The second-order valence-electron chi connectivity index (χ2n) is 10.4. The summed E-state index contributed by atoms with van der Waals surface area (Å²) in [4.78, 5) is 36.8. The molecule has 2 fully saturated rings. The fraction of sp³-hybridized carbons (Fsp3) is 0.885. The van der Waals surface area contributed by atoms with Gasteiger partial charge in [-0.05, 0) is 37.0 Å². The SMILES string of the molecule is CC[C@@H](OC(C)=O)[C@@H](OC(C)=O)C1O[C@@](OCC2O[C@@H](C)C(C)[C@@H](C)[C@H]2O)(C(=O)OC)C(F)[C@@H](C)[C@H]1C. The van der Waals surface area contributed by atoms with E-state index in [1.54, 1.807) is 20.8 Å². The van der Waals surface area contributed by atoms with Gasteiger partial charge in [0.2, 0.25) is 0 Å². The second-order valence-corrected chi connectivity index (χ2v) is 10.4. The zero-order chi connectivity index (χ0) is 28.2. The highest BCUT2D eigenvalue weighted by molar-refractivity contribution is 5.79. The van der Waals surface area contributed by atoms with Gasteiger partial charge >= 0.3 is 23.7 Å². The predicted molar refractivity (Wildman–Crippen MR) is 129 cm³/mol. The molecule has 37 heavy (non-hydrogen) atoms. The summed E-state index contributed by atoms with van der Waals surface area (Å²) < 4.78 is 49.7. The summed E-state index contributed by atoms with van der Waals surface area (Å²) in [6.45, 7) is 12.8. The first-order chi connectivity index (χ1) is 17.2. The van der Waals surface area contributed by atoms with Crippen molar-refractivity contribution in [2.24, 2.45) is 23.7 Å². The molecule has 12 atom stereocenters. The highest BCUT2D eigenvalue weighted by Gasteiger charge is 2.62. The van der Waals surface area contributed by atoms with E-state index < -0.39 is 72.2 Å². The Balaban J connectivity index is 2.46. The number of rotatable bonds is 9. The molecule has 2 rings (SSSR count). The summed E-state index contributed by atoms with van der Waals surface area (Å²) in [7, 11) is 1.08. The molecular weight excluding hydrogens is 491 g/mol. The number of alkyl halides is 1. The van der Waals surface area contributed by atoms with E-state index in [4.69, 9.17) is 28.4 Å². The molecular formula is C26H43FO10. The molecule has 0 aromatic rings. The van der Waals surface area contributed by atoms with Crippen LogP contribution in [-0.2, 0) is 42.8 Å². The molecule has 1 N–H and O–H groups in total. The minimum absolute atomic E-state index is 0.0719. The standard InChI is InChI=1S/C26H43FO10/c1-10-19(35-17(7)28)23(36-18(8)29)22-14(4)15(5)24(27)26(37-22,25(31)32-9)33-11-20-21(30)13(3)12(2)16(6)34-20/h12-16,19-24,30H,10-11H2,1-9H3/t12?,13-,14-,15+,16+,19-,20?,21-,22?,23-,24?,26-/m1/s1. The number of hydrogen-bond donors (Lipinski definition) is 1. The van der Waals surface area contributed by atoms with Gasteiger partial charge in [0.15, 0.2) is 12.3 Å². The van der Waals surface area contributed by atoms with Gasteiger partial charge in [0.05, 0.1) is 25.9 Å².